The molecule has 0 saturated carbocycles. The molecule has 6 nitrogen and oxygen atoms in total. The molecule has 3 rings (SSSR count). The van der Waals surface area contributed by atoms with Gasteiger partial charge >= 0.3 is 11.7 Å². The van der Waals surface area contributed by atoms with Crippen LogP contribution in [0.25, 0.3) is 21.3 Å². The van der Waals surface area contributed by atoms with Crippen LogP contribution in [-0.4, -0.2) is 20.6 Å². The van der Waals surface area contributed by atoms with E-state index in [1.54, 1.807) is 0 Å². The first-order valence-electron chi connectivity index (χ1n) is 8.45. The molecule has 0 atom stereocenters. The van der Waals surface area contributed by atoms with Crippen molar-refractivity contribution in [3.63, 3.8) is 0 Å². The van der Waals surface area contributed by atoms with Crippen molar-refractivity contribution in [1.82, 2.24) is 9.55 Å². The van der Waals surface area contributed by atoms with Crippen LogP contribution >= 0.6 is 11.3 Å². The first-order chi connectivity index (χ1) is 12.4. The molecule has 136 valence electrons. The SMILES string of the molecule is CC(C)c1ccc(-c2csc3[nH]c(=O)n(CCCC(=O)O)c(=O)c23)cc1. The average molecular weight is 372 g/mol. The molecular weight excluding hydrogens is 352 g/mol. The highest BCUT2D eigenvalue weighted by atomic mass is 32.1. The lowest BCUT2D eigenvalue weighted by Gasteiger charge is -2.07. The lowest BCUT2D eigenvalue weighted by molar-refractivity contribution is -0.137. The number of hydrogen-bond acceptors (Lipinski definition) is 4. The fraction of sp³-hybridized carbons (Fsp3) is 0.316. The molecule has 1 aromatic carbocycles. The van der Waals surface area contributed by atoms with Gasteiger partial charge in [-0.05, 0) is 23.5 Å². The maximum atomic E-state index is 12.9. The monoisotopic (exact) mass is 372 g/mol. The lowest BCUT2D eigenvalue weighted by Crippen LogP contribution is -2.34. The maximum absolute atomic E-state index is 12.9. The third kappa shape index (κ3) is 3.48. The number of nitrogens with one attached hydrogen (secondary N) is 1. The van der Waals surface area contributed by atoms with Gasteiger partial charge in [0.05, 0.1) is 5.39 Å². The number of carboxylic acid groups (broad SMARTS) is 1. The topological polar surface area (TPSA) is 92.2 Å². The van der Waals surface area contributed by atoms with Crippen molar-refractivity contribution >= 4 is 27.5 Å². The predicted octanol–water partition coefficient (Wildman–Crippen LogP) is 3.41. The van der Waals surface area contributed by atoms with E-state index in [1.807, 2.05) is 29.6 Å². The third-order valence-corrected chi connectivity index (χ3v) is 5.27. The molecule has 26 heavy (non-hydrogen) atoms. The number of carbonyl (C=O) groups is 1. The Kier molecular flexibility index (Phi) is 5.08. The fourth-order valence-corrected chi connectivity index (χ4v) is 3.86. The smallest absolute Gasteiger partial charge is 0.329 e. The number of carboxylic acids is 1. The summed E-state index contributed by atoms with van der Waals surface area (Å²) in [4.78, 5) is 39.0. The second-order valence-electron chi connectivity index (χ2n) is 6.51. The Bertz CT molecular complexity index is 1060. The van der Waals surface area contributed by atoms with Gasteiger partial charge in [0.2, 0.25) is 0 Å². The van der Waals surface area contributed by atoms with E-state index < -0.39 is 11.7 Å². The lowest BCUT2D eigenvalue weighted by atomic mass is 9.99. The van der Waals surface area contributed by atoms with Crippen molar-refractivity contribution in [1.29, 1.82) is 0 Å². The molecule has 0 radical (unpaired) electrons. The van der Waals surface area contributed by atoms with E-state index in [1.165, 1.54) is 16.9 Å². The summed E-state index contributed by atoms with van der Waals surface area (Å²) in [6, 6.07) is 8.05. The zero-order chi connectivity index (χ0) is 18.8. The first kappa shape index (κ1) is 18.1. The molecule has 0 aliphatic heterocycles. The second kappa shape index (κ2) is 7.29. The highest BCUT2D eigenvalue weighted by molar-refractivity contribution is 7.17. The third-order valence-electron chi connectivity index (χ3n) is 4.38. The fourth-order valence-electron chi connectivity index (χ4n) is 2.91. The number of hydrogen-bond donors (Lipinski definition) is 2. The number of fused-ring (bicyclic) bond motifs is 1. The van der Waals surface area contributed by atoms with Crippen molar-refractivity contribution in [2.24, 2.45) is 0 Å². The first-order valence-corrected chi connectivity index (χ1v) is 9.33. The molecule has 2 heterocycles. The Morgan fingerprint density at radius 1 is 1.23 bits per heavy atom. The zero-order valence-corrected chi connectivity index (χ0v) is 15.4. The van der Waals surface area contributed by atoms with Crippen LogP contribution in [0.2, 0.25) is 0 Å². The zero-order valence-electron chi connectivity index (χ0n) is 14.6. The van der Waals surface area contributed by atoms with Gasteiger partial charge < -0.3 is 5.11 Å². The van der Waals surface area contributed by atoms with E-state index in [4.69, 9.17) is 5.11 Å². The van der Waals surface area contributed by atoms with Gasteiger partial charge in [0.25, 0.3) is 5.56 Å². The molecule has 0 bridgehead atoms. The average Bonchev–Trinajstić information content (AvgIpc) is 3.01. The second-order valence-corrected chi connectivity index (χ2v) is 7.39. The number of nitrogens with zero attached hydrogens (tertiary/aromatic N) is 1. The van der Waals surface area contributed by atoms with E-state index in [0.717, 1.165) is 15.7 Å². The Labute approximate surface area is 153 Å². The summed E-state index contributed by atoms with van der Waals surface area (Å²) < 4.78 is 1.09. The van der Waals surface area contributed by atoms with E-state index in [0.29, 0.717) is 16.1 Å². The van der Waals surface area contributed by atoms with Crippen LogP contribution in [0.4, 0.5) is 0 Å². The van der Waals surface area contributed by atoms with Crippen LogP contribution < -0.4 is 11.2 Å². The van der Waals surface area contributed by atoms with Crippen molar-refractivity contribution in [2.75, 3.05) is 0 Å². The van der Waals surface area contributed by atoms with Crippen molar-refractivity contribution in [3.8, 4) is 11.1 Å². The minimum Gasteiger partial charge on any atom is -0.481 e. The highest BCUT2D eigenvalue weighted by Crippen LogP contribution is 2.31. The van der Waals surface area contributed by atoms with Gasteiger partial charge in [-0.25, -0.2) is 4.79 Å². The van der Waals surface area contributed by atoms with Crippen LogP contribution in [0.15, 0.2) is 39.2 Å². The number of rotatable bonds is 6. The van der Waals surface area contributed by atoms with Crippen LogP contribution in [0.1, 0.15) is 38.2 Å². The molecule has 3 aromatic rings. The number of H-pyrrole nitrogens is 1. The molecule has 7 heteroatoms. The molecule has 2 N–H and O–H groups in total. The molecule has 0 spiro atoms. The van der Waals surface area contributed by atoms with Crippen LogP contribution in [-0.2, 0) is 11.3 Å². The molecule has 0 saturated heterocycles. The standard InChI is InChI=1S/C19H20N2O4S/c1-11(2)12-5-7-13(8-6-12)14-10-26-17-16(14)18(24)21(19(25)20-17)9-3-4-15(22)23/h5-8,10-11H,3-4,9H2,1-2H3,(H,20,25)(H,22,23). The van der Waals surface area contributed by atoms with Crippen LogP contribution in [0.3, 0.4) is 0 Å². The minimum atomic E-state index is -0.947. The van der Waals surface area contributed by atoms with Crippen molar-refractivity contribution in [2.45, 2.75) is 39.2 Å². The minimum absolute atomic E-state index is 0.0813. The van der Waals surface area contributed by atoms with Gasteiger partial charge in [-0.3, -0.25) is 19.1 Å². The van der Waals surface area contributed by atoms with Gasteiger partial charge in [-0.2, -0.15) is 0 Å². The van der Waals surface area contributed by atoms with Gasteiger partial charge in [0.15, 0.2) is 0 Å². The summed E-state index contributed by atoms with van der Waals surface area (Å²) in [5.74, 6) is -0.525. The number of aromatic nitrogens is 2. The summed E-state index contributed by atoms with van der Waals surface area (Å²) in [5.41, 5.74) is 2.04. The quantitative estimate of drug-likeness (QED) is 0.693. The highest BCUT2D eigenvalue weighted by Gasteiger charge is 2.15. The molecule has 0 amide bonds. The Hall–Kier alpha value is -2.67. The summed E-state index contributed by atoms with van der Waals surface area (Å²) >= 11 is 1.32. The van der Waals surface area contributed by atoms with E-state index >= 15 is 0 Å². The molecule has 0 aliphatic rings. The number of benzene rings is 1. The van der Waals surface area contributed by atoms with Crippen LogP contribution in [0, 0.1) is 0 Å². The summed E-state index contributed by atoms with van der Waals surface area (Å²) in [5, 5.41) is 11.1. The van der Waals surface area contributed by atoms with E-state index in [2.05, 4.69) is 18.8 Å². The van der Waals surface area contributed by atoms with Gasteiger partial charge in [0, 0.05) is 23.9 Å². The maximum Gasteiger partial charge on any atom is 0.329 e. The molecule has 0 unspecified atom stereocenters. The molecule has 0 aliphatic carbocycles. The molecule has 2 aromatic heterocycles. The number of thiophene rings is 1. The Balaban J connectivity index is 2.06. The normalized spacial score (nSPS) is 11.3. The van der Waals surface area contributed by atoms with E-state index in [-0.39, 0.29) is 24.9 Å². The number of aromatic amines is 1. The predicted molar refractivity (Wildman–Crippen MR) is 103 cm³/mol. The molecular formula is C19H20N2O4S. The summed E-state index contributed by atoms with van der Waals surface area (Å²) in [6.07, 6.45) is 0.142. The van der Waals surface area contributed by atoms with Gasteiger partial charge in [-0.1, -0.05) is 38.1 Å². The Morgan fingerprint density at radius 3 is 2.54 bits per heavy atom. The summed E-state index contributed by atoms with van der Waals surface area (Å²) in [7, 11) is 0. The van der Waals surface area contributed by atoms with Gasteiger partial charge in [-0.15, -0.1) is 11.3 Å². The Morgan fingerprint density at radius 2 is 1.92 bits per heavy atom. The summed E-state index contributed by atoms with van der Waals surface area (Å²) in [6.45, 7) is 4.32. The molecule has 0 fully saturated rings. The van der Waals surface area contributed by atoms with Gasteiger partial charge in [0.1, 0.15) is 4.83 Å². The van der Waals surface area contributed by atoms with Crippen molar-refractivity contribution in [3.05, 3.63) is 56.0 Å². The van der Waals surface area contributed by atoms with Crippen molar-refractivity contribution < 1.29 is 9.90 Å². The van der Waals surface area contributed by atoms with E-state index in [9.17, 15) is 14.4 Å². The largest absolute Gasteiger partial charge is 0.481 e. The number of aliphatic carboxylic acids is 1. The van der Waals surface area contributed by atoms with Crippen LogP contribution in [0.5, 0.6) is 0 Å².